The van der Waals surface area contributed by atoms with Gasteiger partial charge in [0.05, 0.1) is 23.3 Å². The number of hydrogen-bond donors (Lipinski definition) is 0. The first-order chi connectivity index (χ1) is 13.1. The molecule has 0 bridgehead atoms. The lowest BCUT2D eigenvalue weighted by Crippen LogP contribution is -2.47. The SMILES string of the molecule is O=c1cnn(CN2CCN(c3ccc([N+](=O)[O-])cc3)CC2)c2ccccc12. The summed E-state index contributed by atoms with van der Waals surface area (Å²) in [6.45, 7) is 3.97. The van der Waals surface area contributed by atoms with Crippen LogP contribution in [0.4, 0.5) is 11.4 Å². The van der Waals surface area contributed by atoms with Crippen LogP contribution in [0.3, 0.4) is 0 Å². The molecule has 0 radical (unpaired) electrons. The van der Waals surface area contributed by atoms with Crippen LogP contribution in [0.15, 0.2) is 59.5 Å². The van der Waals surface area contributed by atoms with Crippen LogP contribution in [0.2, 0.25) is 0 Å². The maximum Gasteiger partial charge on any atom is 0.269 e. The molecule has 8 nitrogen and oxygen atoms in total. The molecule has 1 aliphatic heterocycles. The Labute approximate surface area is 155 Å². The summed E-state index contributed by atoms with van der Waals surface area (Å²) in [5.74, 6) is 0. The number of nitro groups is 1. The Hall–Kier alpha value is -3.26. The van der Waals surface area contributed by atoms with Crippen molar-refractivity contribution >= 4 is 22.3 Å². The van der Waals surface area contributed by atoms with E-state index >= 15 is 0 Å². The van der Waals surface area contributed by atoms with Gasteiger partial charge in [-0.1, -0.05) is 12.1 Å². The first kappa shape index (κ1) is 17.2. The molecule has 0 aliphatic carbocycles. The number of hydrogen-bond acceptors (Lipinski definition) is 6. The fourth-order valence-corrected chi connectivity index (χ4v) is 3.40. The van der Waals surface area contributed by atoms with Crippen LogP contribution in [0.25, 0.3) is 10.9 Å². The zero-order valence-electron chi connectivity index (χ0n) is 14.7. The monoisotopic (exact) mass is 365 g/mol. The highest BCUT2D eigenvalue weighted by atomic mass is 16.6. The third-order valence-electron chi connectivity index (χ3n) is 4.89. The smallest absolute Gasteiger partial charge is 0.269 e. The van der Waals surface area contributed by atoms with Gasteiger partial charge in [-0.3, -0.25) is 24.5 Å². The first-order valence-electron chi connectivity index (χ1n) is 8.78. The maximum absolute atomic E-state index is 12.0. The number of fused-ring (bicyclic) bond motifs is 1. The van der Waals surface area contributed by atoms with Crippen molar-refractivity contribution in [1.29, 1.82) is 0 Å². The molecular weight excluding hydrogens is 346 g/mol. The number of rotatable bonds is 4. The van der Waals surface area contributed by atoms with E-state index < -0.39 is 0 Å². The molecule has 1 fully saturated rings. The van der Waals surface area contributed by atoms with Gasteiger partial charge in [-0.05, 0) is 24.3 Å². The largest absolute Gasteiger partial charge is 0.369 e. The summed E-state index contributed by atoms with van der Waals surface area (Å²) >= 11 is 0. The van der Waals surface area contributed by atoms with Gasteiger partial charge in [0.1, 0.15) is 0 Å². The summed E-state index contributed by atoms with van der Waals surface area (Å²) in [6.07, 6.45) is 1.37. The Bertz CT molecular complexity index is 1020. The van der Waals surface area contributed by atoms with Gasteiger partial charge < -0.3 is 4.90 Å². The van der Waals surface area contributed by atoms with E-state index in [1.54, 1.807) is 12.1 Å². The molecule has 0 N–H and O–H groups in total. The number of piperazine rings is 1. The van der Waals surface area contributed by atoms with Crippen molar-refractivity contribution in [1.82, 2.24) is 14.7 Å². The third kappa shape index (κ3) is 3.52. The Morgan fingerprint density at radius 1 is 1.00 bits per heavy atom. The van der Waals surface area contributed by atoms with Crippen LogP contribution in [0.5, 0.6) is 0 Å². The van der Waals surface area contributed by atoms with Gasteiger partial charge >= 0.3 is 0 Å². The topological polar surface area (TPSA) is 84.5 Å². The summed E-state index contributed by atoms with van der Waals surface area (Å²) in [7, 11) is 0. The van der Waals surface area contributed by atoms with Gasteiger partial charge in [0.2, 0.25) is 5.43 Å². The van der Waals surface area contributed by atoms with E-state index in [0.717, 1.165) is 37.4 Å². The van der Waals surface area contributed by atoms with Crippen LogP contribution in [0, 0.1) is 10.1 Å². The predicted molar refractivity (Wildman–Crippen MR) is 103 cm³/mol. The summed E-state index contributed by atoms with van der Waals surface area (Å²) in [6, 6.07) is 14.2. The van der Waals surface area contributed by atoms with Crippen molar-refractivity contribution in [3.05, 3.63) is 75.1 Å². The highest BCUT2D eigenvalue weighted by Gasteiger charge is 2.18. The third-order valence-corrected chi connectivity index (χ3v) is 4.89. The van der Waals surface area contributed by atoms with Crippen LogP contribution < -0.4 is 10.3 Å². The van der Waals surface area contributed by atoms with E-state index in [1.165, 1.54) is 18.3 Å². The zero-order chi connectivity index (χ0) is 18.8. The molecule has 0 unspecified atom stereocenters. The number of nitro benzene ring substituents is 1. The van der Waals surface area contributed by atoms with Crippen molar-refractivity contribution < 1.29 is 4.92 Å². The normalized spacial score (nSPS) is 15.2. The summed E-state index contributed by atoms with van der Waals surface area (Å²) in [4.78, 5) is 26.8. The molecule has 0 amide bonds. The van der Waals surface area contributed by atoms with E-state index in [-0.39, 0.29) is 16.0 Å². The Morgan fingerprint density at radius 2 is 1.70 bits per heavy atom. The van der Waals surface area contributed by atoms with Crippen molar-refractivity contribution in [2.45, 2.75) is 6.67 Å². The quantitative estimate of drug-likeness (QED) is 0.520. The number of aromatic nitrogens is 2. The molecule has 4 rings (SSSR count). The fraction of sp³-hybridized carbons (Fsp3) is 0.263. The molecule has 1 saturated heterocycles. The van der Waals surface area contributed by atoms with Gasteiger partial charge in [-0.25, -0.2) is 0 Å². The van der Waals surface area contributed by atoms with E-state index in [0.29, 0.717) is 12.1 Å². The lowest BCUT2D eigenvalue weighted by atomic mass is 10.2. The molecule has 138 valence electrons. The first-order valence-corrected chi connectivity index (χ1v) is 8.78. The van der Waals surface area contributed by atoms with Gasteiger partial charge in [-0.15, -0.1) is 0 Å². The second-order valence-corrected chi connectivity index (χ2v) is 6.55. The summed E-state index contributed by atoms with van der Waals surface area (Å²) < 4.78 is 1.86. The fourth-order valence-electron chi connectivity index (χ4n) is 3.40. The number of para-hydroxylation sites is 1. The second-order valence-electron chi connectivity index (χ2n) is 6.55. The molecule has 2 heterocycles. The van der Waals surface area contributed by atoms with Crippen molar-refractivity contribution in [3.8, 4) is 0 Å². The number of benzene rings is 2. The highest BCUT2D eigenvalue weighted by molar-refractivity contribution is 5.77. The van der Waals surface area contributed by atoms with Crippen LogP contribution in [-0.2, 0) is 6.67 Å². The Morgan fingerprint density at radius 3 is 2.41 bits per heavy atom. The number of nitrogens with zero attached hydrogens (tertiary/aromatic N) is 5. The van der Waals surface area contributed by atoms with E-state index in [4.69, 9.17) is 0 Å². The minimum atomic E-state index is -0.385. The maximum atomic E-state index is 12.0. The van der Waals surface area contributed by atoms with E-state index in [2.05, 4.69) is 14.9 Å². The minimum absolute atomic E-state index is 0.0650. The minimum Gasteiger partial charge on any atom is -0.369 e. The molecule has 8 heteroatoms. The number of non-ortho nitro benzene ring substituents is 1. The molecule has 0 atom stereocenters. The molecular formula is C19H19N5O3. The van der Waals surface area contributed by atoms with Crippen molar-refractivity contribution in [2.24, 2.45) is 0 Å². The summed E-state index contributed by atoms with van der Waals surface area (Å²) in [5.41, 5.74) is 1.87. The predicted octanol–water partition coefficient (Wildman–Crippen LogP) is 2.08. The lowest BCUT2D eigenvalue weighted by molar-refractivity contribution is -0.384. The van der Waals surface area contributed by atoms with Crippen LogP contribution in [0.1, 0.15) is 0 Å². The van der Waals surface area contributed by atoms with Crippen LogP contribution >= 0.6 is 0 Å². The molecule has 27 heavy (non-hydrogen) atoms. The standard InChI is InChI=1S/C19H19N5O3/c25-19-13-20-23(18-4-2-1-3-17(18)19)14-21-9-11-22(12-10-21)15-5-7-16(8-6-15)24(26)27/h1-8,13H,9-12,14H2. The van der Waals surface area contributed by atoms with Gasteiger partial charge in [-0.2, -0.15) is 5.10 Å². The molecule has 1 aliphatic rings. The van der Waals surface area contributed by atoms with E-state index in [9.17, 15) is 14.9 Å². The molecule has 3 aromatic rings. The lowest BCUT2D eigenvalue weighted by Gasteiger charge is -2.36. The molecule has 0 spiro atoms. The zero-order valence-corrected chi connectivity index (χ0v) is 14.7. The Balaban J connectivity index is 1.44. The molecule has 0 saturated carbocycles. The van der Waals surface area contributed by atoms with Gasteiger partial charge in [0, 0.05) is 49.4 Å². The van der Waals surface area contributed by atoms with Gasteiger partial charge in [0.15, 0.2) is 0 Å². The highest BCUT2D eigenvalue weighted by Crippen LogP contribution is 2.21. The van der Waals surface area contributed by atoms with Crippen molar-refractivity contribution in [2.75, 3.05) is 31.1 Å². The van der Waals surface area contributed by atoms with Gasteiger partial charge in [0.25, 0.3) is 5.69 Å². The average Bonchev–Trinajstić information content (AvgIpc) is 2.71. The van der Waals surface area contributed by atoms with E-state index in [1.807, 2.05) is 28.9 Å². The van der Waals surface area contributed by atoms with Crippen molar-refractivity contribution in [3.63, 3.8) is 0 Å². The molecule has 2 aromatic carbocycles. The second kappa shape index (κ2) is 7.16. The molecule has 1 aromatic heterocycles. The number of anilines is 1. The average molecular weight is 365 g/mol. The van der Waals surface area contributed by atoms with Crippen LogP contribution in [-0.4, -0.2) is 45.8 Å². The Kier molecular flexibility index (Phi) is 4.55. The summed E-state index contributed by atoms with van der Waals surface area (Å²) in [5, 5.41) is 15.7.